The molecule has 0 aromatic rings. The number of hydrogen-bond acceptors (Lipinski definition) is 12. The number of ether oxygens (including phenoxy) is 8. The van der Waals surface area contributed by atoms with Crippen molar-refractivity contribution in [2.45, 2.75) is 19.0 Å². The predicted octanol–water partition coefficient (Wildman–Crippen LogP) is -0.758. The van der Waals surface area contributed by atoms with Crippen LogP contribution in [0.2, 0.25) is 0 Å². The Morgan fingerprint density at radius 1 is 0.512 bits per heavy atom. The Balaban J connectivity index is 3.19. The normalized spacial score (nSPS) is 11.6. The highest BCUT2D eigenvalue weighted by atomic mass is 19.4. The zero-order valence-corrected chi connectivity index (χ0v) is 25.1. The fourth-order valence-electron chi connectivity index (χ4n) is 2.91. The number of alkyl halides is 3. The third-order valence-electron chi connectivity index (χ3n) is 5.02. The van der Waals surface area contributed by atoms with Gasteiger partial charge in [0.05, 0.1) is 99.1 Å². The first kappa shape index (κ1) is 41.3. The molecule has 0 spiro atoms. The quantitative estimate of drug-likeness (QED) is 0.0666. The van der Waals surface area contributed by atoms with E-state index in [1.54, 1.807) is 5.32 Å². The second-order valence-electron chi connectivity index (χ2n) is 8.64. The van der Waals surface area contributed by atoms with Crippen LogP contribution in [0.25, 0.3) is 0 Å². The molecule has 14 nitrogen and oxygen atoms in total. The van der Waals surface area contributed by atoms with Crippen molar-refractivity contribution in [2.24, 2.45) is 5.73 Å². The summed E-state index contributed by atoms with van der Waals surface area (Å²) in [6.07, 6.45) is -3.80. The highest BCUT2D eigenvalue weighted by molar-refractivity contribution is 5.81. The lowest BCUT2D eigenvalue weighted by atomic mass is 10.4. The van der Waals surface area contributed by atoms with E-state index >= 15 is 0 Å². The highest BCUT2D eigenvalue weighted by Gasteiger charge is 2.38. The number of rotatable bonds is 33. The van der Waals surface area contributed by atoms with Crippen LogP contribution < -0.4 is 21.7 Å². The van der Waals surface area contributed by atoms with Crippen molar-refractivity contribution >= 4 is 11.8 Å². The monoisotopic (exact) mass is 636 g/mol. The maximum absolute atomic E-state index is 12.0. The van der Waals surface area contributed by atoms with Gasteiger partial charge in [-0.05, 0) is 13.0 Å². The number of nitrogens with two attached hydrogens (primary N) is 1. The second kappa shape index (κ2) is 31.7. The molecule has 0 saturated heterocycles. The van der Waals surface area contributed by atoms with Crippen LogP contribution in [0, 0.1) is 0 Å². The number of nitrogens with one attached hydrogen (secondary N) is 3. The van der Waals surface area contributed by atoms with Crippen LogP contribution in [0.1, 0.15) is 12.8 Å². The topological polar surface area (TPSA) is 170 Å². The van der Waals surface area contributed by atoms with Crippen molar-refractivity contribution in [2.75, 3.05) is 138 Å². The van der Waals surface area contributed by atoms with Gasteiger partial charge >= 0.3 is 12.1 Å². The van der Waals surface area contributed by atoms with E-state index in [0.717, 1.165) is 19.5 Å². The van der Waals surface area contributed by atoms with E-state index in [0.29, 0.717) is 85.8 Å². The number of hydrogen-bond donors (Lipinski definition) is 4. The fraction of sp³-hybridized carbons (Fsp3) is 0.923. The average molecular weight is 637 g/mol. The predicted molar refractivity (Wildman–Crippen MR) is 150 cm³/mol. The van der Waals surface area contributed by atoms with E-state index in [9.17, 15) is 22.8 Å². The summed E-state index contributed by atoms with van der Waals surface area (Å²) >= 11 is 0. The maximum Gasteiger partial charge on any atom is 0.471 e. The first-order chi connectivity index (χ1) is 20.9. The largest absolute Gasteiger partial charge is 0.471 e. The smallest absolute Gasteiger partial charge is 0.379 e. The van der Waals surface area contributed by atoms with Crippen LogP contribution in [-0.4, -0.2) is 156 Å². The summed E-state index contributed by atoms with van der Waals surface area (Å²) in [5.74, 6) is -2.18. The Morgan fingerprint density at radius 3 is 1.44 bits per heavy atom. The average Bonchev–Trinajstić information content (AvgIpc) is 2.97. The van der Waals surface area contributed by atoms with Gasteiger partial charge in [0.2, 0.25) is 5.91 Å². The molecule has 0 aliphatic carbocycles. The molecule has 0 fully saturated rings. The lowest BCUT2D eigenvalue weighted by Crippen LogP contribution is -2.38. The maximum atomic E-state index is 12.0. The van der Waals surface area contributed by atoms with Crippen molar-refractivity contribution in [1.82, 2.24) is 16.0 Å². The van der Waals surface area contributed by atoms with Gasteiger partial charge < -0.3 is 59.6 Å². The van der Waals surface area contributed by atoms with Crippen molar-refractivity contribution < 1.29 is 60.7 Å². The van der Waals surface area contributed by atoms with Crippen LogP contribution in [0.4, 0.5) is 13.2 Å². The van der Waals surface area contributed by atoms with E-state index in [2.05, 4.69) is 10.6 Å². The molecule has 0 bridgehead atoms. The molecule has 256 valence electrons. The first-order valence-corrected chi connectivity index (χ1v) is 14.5. The van der Waals surface area contributed by atoms with Crippen LogP contribution in [0.15, 0.2) is 0 Å². The number of amides is 2. The molecule has 0 rings (SSSR count). The Hall–Kier alpha value is -1.67. The lowest BCUT2D eigenvalue weighted by Gasteiger charge is -2.09. The number of halogens is 3. The molecule has 0 radical (unpaired) electrons. The summed E-state index contributed by atoms with van der Waals surface area (Å²) in [4.78, 5) is 22.3. The van der Waals surface area contributed by atoms with Gasteiger partial charge in [-0.3, -0.25) is 9.59 Å². The van der Waals surface area contributed by atoms with Crippen molar-refractivity contribution in [3.8, 4) is 0 Å². The Kier molecular flexibility index (Phi) is 30.5. The molecule has 0 unspecified atom stereocenters. The summed E-state index contributed by atoms with van der Waals surface area (Å²) < 4.78 is 78.6. The first-order valence-electron chi connectivity index (χ1n) is 14.5. The molecule has 0 heterocycles. The molecule has 0 aliphatic rings. The van der Waals surface area contributed by atoms with Gasteiger partial charge in [-0.25, -0.2) is 0 Å². The van der Waals surface area contributed by atoms with E-state index in [4.69, 9.17) is 43.6 Å². The molecule has 5 N–H and O–H groups in total. The summed E-state index contributed by atoms with van der Waals surface area (Å²) in [7, 11) is 0. The SMILES string of the molecule is NCCOCCOCCNCCCOCCOCCOCCOCCC(=O)NCCOCCOCCNC(=O)C(F)(F)F. The Morgan fingerprint density at radius 2 is 0.930 bits per heavy atom. The van der Waals surface area contributed by atoms with Crippen molar-refractivity contribution in [3.63, 3.8) is 0 Å². The summed E-state index contributed by atoms with van der Waals surface area (Å²) in [5, 5.41) is 7.65. The molecule has 0 aliphatic heterocycles. The van der Waals surface area contributed by atoms with Crippen LogP contribution in [0.3, 0.4) is 0 Å². The van der Waals surface area contributed by atoms with Gasteiger partial charge in [0.25, 0.3) is 0 Å². The third kappa shape index (κ3) is 33.1. The highest BCUT2D eigenvalue weighted by Crippen LogP contribution is 2.13. The van der Waals surface area contributed by atoms with Crippen molar-refractivity contribution in [3.05, 3.63) is 0 Å². The minimum absolute atomic E-state index is 0.0678. The number of carbonyl (C=O) groups is 2. The van der Waals surface area contributed by atoms with Crippen molar-refractivity contribution in [1.29, 1.82) is 0 Å². The van der Waals surface area contributed by atoms with E-state index < -0.39 is 12.1 Å². The van der Waals surface area contributed by atoms with Crippen LogP contribution in [-0.2, 0) is 47.5 Å². The van der Waals surface area contributed by atoms with E-state index in [-0.39, 0.29) is 51.9 Å². The molecule has 0 atom stereocenters. The molecule has 0 saturated carbocycles. The van der Waals surface area contributed by atoms with Gasteiger partial charge in [-0.15, -0.1) is 0 Å². The molecule has 2 amide bonds. The minimum atomic E-state index is -4.90. The molecule has 0 aromatic heterocycles. The minimum Gasteiger partial charge on any atom is -0.379 e. The molecule has 17 heteroatoms. The van der Waals surface area contributed by atoms with Crippen LogP contribution >= 0.6 is 0 Å². The zero-order chi connectivity index (χ0) is 31.7. The van der Waals surface area contributed by atoms with E-state index in [1.165, 1.54) is 0 Å². The molecular weight excluding hydrogens is 585 g/mol. The molecule has 43 heavy (non-hydrogen) atoms. The Labute approximate surface area is 252 Å². The van der Waals surface area contributed by atoms with E-state index in [1.807, 2.05) is 0 Å². The Bertz CT molecular complexity index is 640. The fourth-order valence-corrected chi connectivity index (χ4v) is 2.91. The van der Waals surface area contributed by atoms with Gasteiger partial charge in [0.1, 0.15) is 0 Å². The number of carbonyl (C=O) groups excluding carboxylic acids is 2. The summed E-state index contributed by atoms with van der Waals surface area (Å²) in [5.41, 5.74) is 5.33. The van der Waals surface area contributed by atoms with Crippen LogP contribution in [0.5, 0.6) is 0 Å². The molecule has 0 aromatic carbocycles. The second-order valence-corrected chi connectivity index (χ2v) is 8.64. The standard InChI is InChI=1S/C26H51F3N4O10/c27-26(28,29)25(35)33-7-13-41-19-18-40-12-6-32-24(34)2-9-37-15-21-43-23-22-42-20-14-36-8-1-4-31-5-11-39-17-16-38-10-3-30/h31H,1-23,30H2,(H,32,34)(H,33,35). The third-order valence-corrected chi connectivity index (χ3v) is 5.02. The van der Waals surface area contributed by atoms with Gasteiger partial charge in [-0.1, -0.05) is 0 Å². The van der Waals surface area contributed by atoms with Gasteiger partial charge in [0, 0.05) is 39.2 Å². The summed E-state index contributed by atoms with van der Waals surface area (Å²) in [6.45, 7) is 8.68. The van der Waals surface area contributed by atoms with Gasteiger partial charge in [-0.2, -0.15) is 13.2 Å². The summed E-state index contributed by atoms with van der Waals surface area (Å²) in [6, 6.07) is 0. The van der Waals surface area contributed by atoms with Gasteiger partial charge in [0.15, 0.2) is 0 Å². The lowest BCUT2D eigenvalue weighted by molar-refractivity contribution is -0.173. The zero-order valence-electron chi connectivity index (χ0n) is 25.1. The molecular formula is C26H51F3N4O10.